The lowest BCUT2D eigenvalue weighted by atomic mass is 9.75. The number of rotatable bonds is 3. The van der Waals surface area contributed by atoms with Crippen molar-refractivity contribution >= 4 is 37.5 Å². The van der Waals surface area contributed by atoms with E-state index in [0.29, 0.717) is 12.0 Å². The topological polar surface area (TPSA) is 12.0 Å². The minimum absolute atomic E-state index is 0.0837. The van der Waals surface area contributed by atoms with Gasteiger partial charge in [-0.05, 0) is 64.5 Å². The fraction of sp³-hybridized carbons (Fsp3) is 0.250. The van der Waals surface area contributed by atoms with Gasteiger partial charge in [0.05, 0.1) is 0 Å². The molecule has 2 aromatic carbocycles. The average molecular weight is 399 g/mol. The molecule has 1 nitrogen and oxygen atoms in total. The second kappa shape index (κ2) is 5.86. The van der Waals surface area contributed by atoms with Crippen LogP contribution in [0.5, 0.6) is 0 Å². The zero-order valence-corrected chi connectivity index (χ0v) is 13.9. The number of anilines is 1. The highest BCUT2D eigenvalue weighted by Gasteiger charge is 2.32. The molecular formula is C16H14Br2FN. The number of hydrogen-bond donors (Lipinski definition) is 1. The molecule has 20 heavy (non-hydrogen) atoms. The average Bonchev–Trinajstić information content (AvgIpc) is 2.38. The van der Waals surface area contributed by atoms with Crippen molar-refractivity contribution < 1.29 is 4.39 Å². The Morgan fingerprint density at radius 2 is 1.80 bits per heavy atom. The number of nitrogens with one attached hydrogen (secondary N) is 1. The zero-order chi connectivity index (χ0) is 14.1. The molecule has 4 heteroatoms. The monoisotopic (exact) mass is 397 g/mol. The molecule has 0 unspecified atom stereocenters. The third kappa shape index (κ3) is 2.91. The zero-order valence-electron chi connectivity index (χ0n) is 10.7. The Morgan fingerprint density at radius 1 is 1.05 bits per heavy atom. The summed E-state index contributed by atoms with van der Waals surface area (Å²) in [5, 5.41) is 3.51. The van der Waals surface area contributed by atoms with Crippen molar-refractivity contribution in [2.45, 2.75) is 24.8 Å². The molecule has 3 rings (SSSR count). The van der Waals surface area contributed by atoms with Crippen LogP contribution in [0.15, 0.2) is 51.4 Å². The van der Waals surface area contributed by atoms with Crippen molar-refractivity contribution in [3.8, 4) is 0 Å². The van der Waals surface area contributed by atoms with E-state index in [2.05, 4.69) is 43.2 Å². The first kappa shape index (κ1) is 14.1. The smallest absolute Gasteiger partial charge is 0.126 e. The van der Waals surface area contributed by atoms with Crippen molar-refractivity contribution in [2.24, 2.45) is 0 Å². The van der Waals surface area contributed by atoms with E-state index in [9.17, 15) is 4.39 Å². The van der Waals surface area contributed by atoms with Crippen LogP contribution in [0.3, 0.4) is 0 Å². The molecule has 0 heterocycles. The summed E-state index contributed by atoms with van der Waals surface area (Å²) in [6.45, 7) is 0. The lowest BCUT2D eigenvalue weighted by molar-refractivity contribution is 0.363. The second-order valence-corrected chi connectivity index (χ2v) is 6.93. The number of hydrogen-bond acceptors (Lipinski definition) is 1. The Hall–Kier alpha value is -0.870. The number of benzene rings is 2. The van der Waals surface area contributed by atoms with Crippen LogP contribution in [-0.4, -0.2) is 6.04 Å². The molecule has 1 N–H and O–H groups in total. The maximum absolute atomic E-state index is 13.7. The summed E-state index contributed by atoms with van der Waals surface area (Å²) in [5.74, 6) is 0.249. The van der Waals surface area contributed by atoms with Crippen molar-refractivity contribution in [3.63, 3.8) is 0 Å². The molecule has 1 aliphatic rings. The van der Waals surface area contributed by atoms with Gasteiger partial charge in [-0.1, -0.05) is 34.1 Å². The first-order valence-electron chi connectivity index (χ1n) is 6.59. The summed E-state index contributed by atoms with van der Waals surface area (Å²) < 4.78 is 15.8. The molecule has 2 aromatic rings. The van der Waals surface area contributed by atoms with E-state index in [1.54, 1.807) is 12.1 Å². The van der Waals surface area contributed by atoms with Gasteiger partial charge < -0.3 is 5.32 Å². The lowest BCUT2D eigenvalue weighted by Crippen LogP contribution is -2.34. The van der Waals surface area contributed by atoms with E-state index in [1.807, 2.05) is 24.3 Å². The summed E-state index contributed by atoms with van der Waals surface area (Å²) >= 11 is 7.01. The Morgan fingerprint density at radius 3 is 2.55 bits per heavy atom. The molecule has 0 aliphatic heterocycles. The summed E-state index contributed by atoms with van der Waals surface area (Å²) in [6.07, 6.45) is 1.94. The van der Waals surface area contributed by atoms with Crippen LogP contribution in [0.2, 0.25) is 0 Å². The van der Waals surface area contributed by atoms with Crippen LogP contribution in [0.1, 0.15) is 24.3 Å². The summed E-state index contributed by atoms with van der Waals surface area (Å²) in [5.41, 5.74) is 1.93. The molecule has 0 saturated heterocycles. The van der Waals surface area contributed by atoms with Crippen LogP contribution >= 0.6 is 31.9 Å². The van der Waals surface area contributed by atoms with Gasteiger partial charge in [-0.2, -0.15) is 0 Å². The highest BCUT2D eigenvalue weighted by Crippen LogP contribution is 2.40. The predicted molar refractivity (Wildman–Crippen MR) is 87.6 cm³/mol. The Bertz CT molecular complexity index is 624. The normalized spacial score (nSPS) is 21.4. The minimum Gasteiger partial charge on any atom is -0.381 e. The van der Waals surface area contributed by atoms with Crippen LogP contribution in [0, 0.1) is 5.82 Å². The molecule has 0 aromatic heterocycles. The van der Waals surface area contributed by atoms with Gasteiger partial charge in [-0.25, -0.2) is 4.39 Å². The number of halogens is 3. The summed E-state index contributed by atoms with van der Waals surface area (Å²) in [6, 6.07) is 13.6. The van der Waals surface area contributed by atoms with Crippen molar-refractivity contribution in [3.05, 3.63) is 62.8 Å². The predicted octanol–water partition coefficient (Wildman–Crippen LogP) is 5.71. The van der Waals surface area contributed by atoms with Gasteiger partial charge in [0.2, 0.25) is 0 Å². The quantitative estimate of drug-likeness (QED) is 0.698. The fourth-order valence-electron chi connectivity index (χ4n) is 2.62. The third-order valence-electron chi connectivity index (χ3n) is 3.77. The van der Waals surface area contributed by atoms with E-state index in [-0.39, 0.29) is 5.82 Å². The van der Waals surface area contributed by atoms with Crippen LogP contribution < -0.4 is 5.32 Å². The molecular weight excluding hydrogens is 385 g/mol. The molecule has 0 radical (unpaired) electrons. The maximum Gasteiger partial charge on any atom is 0.126 e. The van der Waals surface area contributed by atoms with Crippen molar-refractivity contribution in [1.82, 2.24) is 0 Å². The second-order valence-electron chi connectivity index (χ2n) is 5.16. The largest absolute Gasteiger partial charge is 0.381 e. The molecule has 1 saturated carbocycles. The summed E-state index contributed by atoms with van der Waals surface area (Å²) in [7, 11) is 0. The highest BCUT2D eigenvalue weighted by atomic mass is 79.9. The molecule has 0 spiro atoms. The van der Waals surface area contributed by atoms with Gasteiger partial charge >= 0.3 is 0 Å². The van der Waals surface area contributed by atoms with Crippen LogP contribution in [0.25, 0.3) is 0 Å². The van der Waals surface area contributed by atoms with Gasteiger partial charge in [-0.3, -0.25) is 0 Å². The van der Waals surface area contributed by atoms with E-state index in [1.165, 1.54) is 0 Å². The first-order valence-corrected chi connectivity index (χ1v) is 8.18. The molecule has 0 atom stereocenters. The fourth-order valence-corrected chi connectivity index (χ4v) is 3.35. The Labute approximate surface area is 134 Å². The standard InChI is InChI=1S/C16H14Br2FN/c17-11-5-6-14(18)16(9-11)20-12-7-10(8-12)13-3-1-2-4-15(13)19/h1-6,9-10,12,20H,7-8H2. The van der Waals surface area contributed by atoms with Gasteiger partial charge in [0, 0.05) is 20.7 Å². The Kier molecular flexibility index (Phi) is 4.13. The van der Waals surface area contributed by atoms with Gasteiger partial charge in [-0.15, -0.1) is 0 Å². The lowest BCUT2D eigenvalue weighted by Gasteiger charge is -2.37. The van der Waals surface area contributed by atoms with Crippen molar-refractivity contribution in [1.29, 1.82) is 0 Å². The van der Waals surface area contributed by atoms with E-state index >= 15 is 0 Å². The maximum atomic E-state index is 13.7. The highest BCUT2D eigenvalue weighted by molar-refractivity contribution is 9.11. The minimum atomic E-state index is -0.0837. The molecule has 0 bridgehead atoms. The van der Waals surface area contributed by atoms with Crippen LogP contribution in [-0.2, 0) is 0 Å². The first-order chi connectivity index (χ1) is 9.63. The molecule has 1 fully saturated rings. The van der Waals surface area contributed by atoms with Gasteiger partial charge in [0.25, 0.3) is 0 Å². The van der Waals surface area contributed by atoms with Crippen LogP contribution in [0.4, 0.5) is 10.1 Å². The van der Waals surface area contributed by atoms with Gasteiger partial charge in [0.1, 0.15) is 5.82 Å². The summed E-state index contributed by atoms with van der Waals surface area (Å²) in [4.78, 5) is 0. The van der Waals surface area contributed by atoms with Gasteiger partial charge in [0.15, 0.2) is 0 Å². The van der Waals surface area contributed by atoms with E-state index < -0.39 is 0 Å². The SMILES string of the molecule is Fc1ccccc1C1CC(Nc2cc(Br)ccc2Br)C1. The van der Waals surface area contributed by atoms with Crippen molar-refractivity contribution in [2.75, 3.05) is 5.32 Å². The van der Waals surface area contributed by atoms with E-state index in [4.69, 9.17) is 0 Å². The molecule has 0 amide bonds. The van der Waals surface area contributed by atoms with E-state index in [0.717, 1.165) is 33.0 Å². The Balaban J connectivity index is 1.64. The molecule has 104 valence electrons. The molecule has 1 aliphatic carbocycles. The third-order valence-corrected chi connectivity index (χ3v) is 4.96.